The normalized spacial score (nSPS) is 30.4. The van der Waals surface area contributed by atoms with E-state index in [1.54, 1.807) is 11.1 Å². The highest BCUT2D eigenvalue weighted by atomic mass is 79.9. The lowest BCUT2D eigenvalue weighted by molar-refractivity contribution is -0.153. The van der Waals surface area contributed by atoms with Crippen molar-refractivity contribution in [2.45, 2.75) is 43.0 Å². The van der Waals surface area contributed by atoms with Crippen LogP contribution in [0.5, 0.6) is 0 Å². The molecule has 2 aliphatic rings. The first kappa shape index (κ1) is 14.9. The Balaban J connectivity index is 2.17. The Bertz CT molecular complexity index is 447. The molecule has 2 unspecified atom stereocenters. The van der Waals surface area contributed by atoms with E-state index in [4.69, 9.17) is 10.5 Å². The zero-order valence-electron chi connectivity index (χ0n) is 11.1. The van der Waals surface area contributed by atoms with Crippen LogP contribution < -0.4 is 5.73 Å². The molecule has 19 heavy (non-hydrogen) atoms. The van der Waals surface area contributed by atoms with E-state index in [1.807, 2.05) is 20.8 Å². The number of rotatable bonds is 2. The van der Waals surface area contributed by atoms with Gasteiger partial charge in [-0.2, -0.15) is 0 Å². The summed E-state index contributed by atoms with van der Waals surface area (Å²) < 4.78 is 5.41. The van der Waals surface area contributed by atoms with Crippen LogP contribution in [-0.4, -0.2) is 44.4 Å². The zero-order chi connectivity index (χ0) is 14.4. The van der Waals surface area contributed by atoms with E-state index in [0.29, 0.717) is 5.33 Å². The van der Waals surface area contributed by atoms with Gasteiger partial charge < -0.3 is 15.4 Å². The molecule has 5 nitrogen and oxygen atoms in total. The van der Waals surface area contributed by atoms with Gasteiger partial charge in [0, 0.05) is 11.5 Å². The van der Waals surface area contributed by atoms with Crippen molar-refractivity contribution in [1.82, 2.24) is 4.90 Å². The molecular formula is C12H17BrN2O3S. The van der Waals surface area contributed by atoms with Crippen molar-refractivity contribution in [3.8, 4) is 0 Å². The average Bonchev–Trinajstić information content (AvgIpc) is 2.33. The molecule has 1 fully saturated rings. The van der Waals surface area contributed by atoms with Crippen molar-refractivity contribution in [2.75, 3.05) is 5.33 Å². The molecule has 3 atom stereocenters. The van der Waals surface area contributed by atoms with Gasteiger partial charge in [-0.15, -0.1) is 11.8 Å². The summed E-state index contributed by atoms with van der Waals surface area (Å²) in [7, 11) is 0. The van der Waals surface area contributed by atoms with Gasteiger partial charge in [0.25, 0.3) is 0 Å². The molecule has 2 rings (SSSR count). The lowest BCUT2D eigenvalue weighted by Crippen LogP contribution is -2.67. The first-order valence-electron chi connectivity index (χ1n) is 5.97. The van der Waals surface area contributed by atoms with E-state index < -0.39 is 16.9 Å². The van der Waals surface area contributed by atoms with E-state index in [0.717, 1.165) is 5.57 Å². The number of halogens is 1. The molecule has 0 aromatic carbocycles. The molecule has 0 aromatic rings. The maximum atomic E-state index is 12.2. The maximum absolute atomic E-state index is 12.2. The molecule has 106 valence electrons. The Morgan fingerprint density at radius 1 is 1.58 bits per heavy atom. The van der Waals surface area contributed by atoms with E-state index in [9.17, 15) is 9.59 Å². The highest BCUT2D eigenvalue weighted by Crippen LogP contribution is 2.40. The molecule has 1 saturated heterocycles. The van der Waals surface area contributed by atoms with Crippen molar-refractivity contribution in [3.63, 3.8) is 0 Å². The van der Waals surface area contributed by atoms with Gasteiger partial charge in [-0.05, 0) is 26.3 Å². The fourth-order valence-corrected chi connectivity index (χ4v) is 3.96. The van der Waals surface area contributed by atoms with Crippen molar-refractivity contribution < 1.29 is 14.3 Å². The fraction of sp³-hybridized carbons (Fsp3) is 0.667. The van der Waals surface area contributed by atoms with Gasteiger partial charge in [0.05, 0.1) is 0 Å². The second kappa shape index (κ2) is 5.10. The van der Waals surface area contributed by atoms with Crippen LogP contribution in [-0.2, 0) is 14.3 Å². The third kappa shape index (κ3) is 2.83. The second-order valence-electron chi connectivity index (χ2n) is 5.55. The summed E-state index contributed by atoms with van der Waals surface area (Å²) in [5.74, 6) is -0.381. The van der Waals surface area contributed by atoms with Crippen molar-refractivity contribution in [2.24, 2.45) is 5.73 Å². The average molecular weight is 349 g/mol. The van der Waals surface area contributed by atoms with Crippen LogP contribution >= 0.6 is 27.7 Å². The highest BCUT2D eigenvalue weighted by molar-refractivity contribution is 9.09. The van der Waals surface area contributed by atoms with Crippen molar-refractivity contribution in [3.05, 3.63) is 11.8 Å². The summed E-state index contributed by atoms with van der Waals surface area (Å²) in [6.45, 7) is 5.50. The van der Waals surface area contributed by atoms with E-state index in [1.165, 1.54) is 11.8 Å². The van der Waals surface area contributed by atoms with Gasteiger partial charge in [0.2, 0.25) is 5.91 Å². The van der Waals surface area contributed by atoms with Crippen LogP contribution in [0, 0.1) is 0 Å². The maximum Gasteiger partial charge on any atom is 0.323 e. The summed E-state index contributed by atoms with van der Waals surface area (Å²) >= 11 is 4.73. The van der Waals surface area contributed by atoms with Crippen molar-refractivity contribution >= 4 is 39.6 Å². The first-order chi connectivity index (χ1) is 8.74. The van der Waals surface area contributed by atoms with Crippen LogP contribution in [0.1, 0.15) is 20.8 Å². The highest BCUT2D eigenvalue weighted by Gasteiger charge is 2.50. The zero-order valence-corrected chi connectivity index (χ0v) is 13.5. The van der Waals surface area contributed by atoms with Crippen LogP contribution in [0.15, 0.2) is 11.8 Å². The number of nitrogens with zero attached hydrogens (tertiary/aromatic N) is 1. The smallest absolute Gasteiger partial charge is 0.323 e. The second-order valence-corrected chi connectivity index (χ2v) is 7.34. The largest absolute Gasteiger partial charge is 0.459 e. The lowest BCUT2D eigenvalue weighted by atomic mass is 10.1. The van der Waals surface area contributed by atoms with E-state index in [-0.39, 0.29) is 17.3 Å². The summed E-state index contributed by atoms with van der Waals surface area (Å²) in [6, 6.07) is -0.525. The molecule has 2 heterocycles. The van der Waals surface area contributed by atoms with Gasteiger partial charge in [-0.25, -0.2) is 0 Å². The molecule has 7 heteroatoms. The predicted octanol–water partition coefficient (Wildman–Crippen LogP) is 1.22. The first-order valence-corrected chi connectivity index (χ1v) is 8.03. The number of amides is 1. The summed E-state index contributed by atoms with van der Waals surface area (Å²) in [4.78, 5) is 25.4. The molecule has 1 amide bonds. The number of hydrogen-bond donors (Lipinski definition) is 1. The number of nitrogens with two attached hydrogens (primary N) is 1. The Labute approximate surface area is 125 Å². The van der Waals surface area contributed by atoms with Crippen LogP contribution in [0.2, 0.25) is 0 Å². The van der Waals surface area contributed by atoms with Gasteiger partial charge in [-0.1, -0.05) is 15.9 Å². The molecule has 2 N–H and O–H groups in total. The Kier molecular flexibility index (Phi) is 3.99. The molecule has 0 spiro atoms. The number of ether oxygens (including phenoxy) is 1. The Morgan fingerprint density at radius 3 is 2.74 bits per heavy atom. The molecule has 0 aliphatic carbocycles. The quantitative estimate of drug-likeness (QED) is 0.461. The molecule has 0 saturated carbocycles. The summed E-state index contributed by atoms with van der Waals surface area (Å²) in [6.07, 6.45) is 1.72. The number of fused-ring (bicyclic) bond motifs is 1. The predicted molar refractivity (Wildman–Crippen MR) is 77.7 cm³/mol. The molecule has 0 aromatic heterocycles. The minimum Gasteiger partial charge on any atom is -0.459 e. The summed E-state index contributed by atoms with van der Waals surface area (Å²) in [5, 5.41) is -0.0397. The summed E-state index contributed by atoms with van der Waals surface area (Å²) in [5.41, 5.74) is 6.05. The molecule has 0 radical (unpaired) electrons. The fourth-order valence-electron chi connectivity index (χ4n) is 1.94. The minimum absolute atomic E-state index is 0.0985. The van der Waals surface area contributed by atoms with Gasteiger partial charge in [0.15, 0.2) is 0 Å². The van der Waals surface area contributed by atoms with E-state index in [2.05, 4.69) is 15.9 Å². The Hall–Kier alpha value is -0.530. The number of β-lactam (4-membered cyclic amide) rings is 1. The van der Waals surface area contributed by atoms with Crippen LogP contribution in [0.3, 0.4) is 0 Å². The minimum atomic E-state index is -0.525. The van der Waals surface area contributed by atoms with E-state index >= 15 is 0 Å². The number of carbonyl (C=O) groups excluding carboxylic acids is 2. The number of carbonyl (C=O) groups is 2. The van der Waals surface area contributed by atoms with Crippen LogP contribution in [0.4, 0.5) is 0 Å². The number of alkyl halides is 1. The lowest BCUT2D eigenvalue weighted by Gasteiger charge is -2.47. The van der Waals surface area contributed by atoms with Gasteiger partial charge in [0.1, 0.15) is 22.3 Å². The monoisotopic (exact) mass is 348 g/mol. The molecule has 2 aliphatic heterocycles. The number of thioether (sulfide) groups is 1. The van der Waals surface area contributed by atoms with Crippen LogP contribution in [0.25, 0.3) is 0 Å². The van der Waals surface area contributed by atoms with Crippen molar-refractivity contribution in [1.29, 1.82) is 0 Å². The number of hydrogen-bond acceptors (Lipinski definition) is 5. The third-order valence-electron chi connectivity index (χ3n) is 2.81. The SMILES string of the molecule is CC(C)(C)OC(=O)C1S[C@@H]2C(N)C(=O)N2C=C1CBr. The Morgan fingerprint density at radius 2 is 2.21 bits per heavy atom. The molecular weight excluding hydrogens is 332 g/mol. The molecule has 0 bridgehead atoms. The topological polar surface area (TPSA) is 72.6 Å². The third-order valence-corrected chi connectivity index (χ3v) is 5.03. The van der Waals surface area contributed by atoms with Gasteiger partial charge >= 0.3 is 5.97 Å². The van der Waals surface area contributed by atoms with Gasteiger partial charge in [-0.3, -0.25) is 9.59 Å². The standard InChI is InChI=1S/C12H17BrN2O3S/c1-12(2,3)18-11(17)8-6(4-13)5-15-9(16)7(14)10(15)19-8/h5,7-8,10H,4,14H2,1-3H3/t7?,8?,10-/m1/s1. The number of esters is 1.